The lowest BCUT2D eigenvalue weighted by Gasteiger charge is -2.23. The zero-order valence-corrected chi connectivity index (χ0v) is 13.5. The highest BCUT2D eigenvalue weighted by atomic mass is 32.2. The number of para-hydroxylation sites is 1. The van der Waals surface area contributed by atoms with Gasteiger partial charge in [-0.25, -0.2) is 13.4 Å². The van der Waals surface area contributed by atoms with Crippen LogP contribution >= 0.6 is 0 Å². The van der Waals surface area contributed by atoms with Crippen LogP contribution < -0.4 is 5.56 Å². The SMILES string of the molecule is CN(C(=O)Cn1cnc2ccccc2c1=O)[C@H]1CCS(=O)(=O)C1. The van der Waals surface area contributed by atoms with Crippen LogP contribution in [-0.4, -0.2) is 53.4 Å². The van der Waals surface area contributed by atoms with Gasteiger partial charge in [-0.3, -0.25) is 14.2 Å². The summed E-state index contributed by atoms with van der Waals surface area (Å²) in [6.45, 7) is -0.149. The third kappa shape index (κ3) is 3.12. The van der Waals surface area contributed by atoms with Gasteiger partial charge in [-0.2, -0.15) is 0 Å². The third-order valence-corrected chi connectivity index (χ3v) is 5.94. The van der Waals surface area contributed by atoms with Crippen LogP contribution in [0.4, 0.5) is 0 Å². The van der Waals surface area contributed by atoms with E-state index in [4.69, 9.17) is 0 Å². The van der Waals surface area contributed by atoms with Crippen LogP contribution in [0.3, 0.4) is 0 Å². The van der Waals surface area contributed by atoms with Crippen molar-refractivity contribution in [3.8, 4) is 0 Å². The molecule has 122 valence electrons. The van der Waals surface area contributed by atoms with Crippen LogP contribution in [0.1, 0.15) is 6.42 Å². The van der Waals surface area contributed by atoms with Gasteiger partial charge in [-0.05, 0) is 18.6 Å². The van der Waals surface area contributed by atoms with E-state index in [1.165, 1.54) is 15.8 Å². The van der Waals surface area contributed by atoms with E-state index in [0.717, 1.165) is 0 Å². The minimum Gasteiger partial charge on any atom is -0.340 e. The van der Waals surface area contributed by atoms with Gasteiger partial charge in [0.05, 0.1) is 28.7 Å². The maximum absolute atomic E-state index is 12.4. The van der Waals surface area contributed by atoms with Crippen molar-refractivity contribution < 1.29 is 13.2 Å². The monoisotopic (exact) mass is 335 g/mol. The summed E-state index contributed by atoms with van der Waals surface area (Å²) in [7, 11) is -1.48. The molecule has 0 aliphatic carbocycles. The van der Waals surface area contributed by atoms with Gasteiger partial charge in [-0.1, -0.05) is 12.1 Å². The summed E-state index contributed by atoms with van der Waals surface area (Å²) in [5.74, 6) is -0.210. The number of rotatable bonds is 3. The first-order valence-electron chi connectivity index (χ1n) is 7.28. The fourth-order valence-electron chi connectivity index (χ4n) is 2.76. The van der Waals surface area contributed by atoms with E-state index in [1.807, 2.05) is 0 Å². The van der Waals surface area contributed by atoms with E-state index in [1.54, 1.807) is 31.3 Å². The topological polar surface area (TPSA) is 89.3 Å². The average molecular weight is 335 g/mol. The molecule has 0 unspecified atom stereocenters. The molecule has 23 heavy (non-hydrogen) atoms. The van der Waals surface area contributed by atoms with Crippen LogP contribution in [-0.2, 0) is 21.2 Å². The largest absolute Gasteiger partial charge is 0.340 e. The Hall–Kier alpha value is -2.22. The Labute approximate surface area is 133 Å². The van der Waals surface area contributed by atoms with Gasteiger partial charge >= 0.3 is 0 Å². The Morgan fingerprint density at radius 2 is 2.13 bits per heavy atom. The van der Waals surface area contributed by atoms with Gasteiger partial charge in [0.25, 0.3) is 5.56 Å². The number of likely N-dealkylation sites (N-methyl/N-ethyl adjacent to an activating group) is 1. The highest BCUT2D eigenvalue weighted by Gasteiger charge is 2.32. The maximum atomic E-state index is 12.4. The molecule has 2 heterocycles. The van der Waals surface area contributed by atoms with Crippen molar-refractivity contribution in [1.29, 1.82) is 0 Å². The number of hydrogen-bond acceptors (Lipinski definition) is 5. The Kier molecular flexibility index (Phi) is 3.93. The van der Waals surface area contributed by atoms with Crippen molar-refractivity contribution >= 4 is 26.6 Å². The number of amides is 1. The number of carbonyl (C=O) groups is 1. The zero-order valence-electron chi connectivity index (χ0n) is 12.7. The van der Waals surface area contributed by atoms with E-state index in [2.05, 4.69) is 4.98 Å². The smallest absolute Gasteiger partial charge is 0.261 e. The third-order valence-electron chi connectivity index (χ3n) is 4.19. The van der Waals surface area contributed by atoms with Crippen molar-refractivity contribution in [1.82, 2.24) is 14.5 Å². The van der Waals surface area contributed by atoms with Crippen molar-refractivity contribution in [3.63, 3.8) is 0 Å². The first-order valence-corrected chi connectivity index (χ1v) is 9.10. The fraction of sp³-hybridized carbons (Fsp3) is 0.400. The first kappa shape index (κ1) is 15.7. The fourth-order valence-corrected chi connectivity index (χ4v) is 4.53. The van der Waals surface area contributed by atoms with Crippen LogP contribution in [0.5, 0.6) is 0 Å². The lowest BCUT2D eigenvalue weighted by Crippen LogP contribution is -2.41. The Balaban J connectivity index is 1.80. The first-order chi connectivity index (χ1) is 10.9. The Morgan fingerprint density at radius 3 is 2.83 bits per heavy atom. The van der Waals surface area contributed by atoms with Gasteiger partial charge in [0.15, 0.2) is 9.84 Å². The summed E-state index contributed by atoms with van der Waals surface area (Å²) < 4.78 is 24.3. The van der Waals surface area contributed by atoms with Crippen LogP contribution in [0.2, 0.25) is 0 Å². The lowest BCUT2D eigenvalue weighted by atomic mass is 10.2. The van der Waals surface area contributed by atoms with E-state index in [-0.39, 0.29) is 35.6 Å². The molecule has 0 radical (unpaired) electrons. The average Bonchev–Trinajstić information content (AvgIpc) is 2.89. The van der Waals surface area contributed by atoms with Crippen molar-refractivity contribution in [2.24, 2.45) is 0 Å². The summed E-state index contributed by atoms with van der Waals surface area (Å²) in [4.78, 5) is 30.3. The second-order valence-electron chi connectivity index (χ2n) is 5.76. The minimum atomic E-state index is -3.06. The summed E-state index contributed by atoms with van der Waals surface area (Å²) >= 11 is 0. The Morgan fingerprint density at radius 1 is 1.39 bits per heavy atom. The molecule has 1 aliphatic rings. The molecular formula is C15H17N3O4S. The predicted molar refractivity (Wildman–Crippen MR) is 85.8 cm³/mol. The Bertz CT molecular complexity index is 920. The predicted octanol–water partition coefficient (Wildman–Crippen LogP) is 0.0420. The molecule has 0 spiro atoms. The maximum Gasteiger partial charge on any atom is 0.261 e. The molecule has 1 amide bonds. The number of carbonyl (C=O) groups excluding carboxylic acids is 1. The molecule has 1 fully saturated rings. The molecule has 0 saturated carbocycles. The molecular weight excluding hydrogens is 318 g/mol. The number of fused-ring (bicyclic) bond motifs is 1. The molecule has 3 rings (SSSR count). The van der Waals surface area contributed by atoms with Crippen molar-refractivity contribution in [2.75, 3.05) is 18.6 Å². The van der Waals surface area contributed by atoms with Crippen molar-refractivity contribution in [3.05, 3.63) is 40.9 Å². The molecule has 0 N–H and O–H groups in total. The standard InChI is InChI=1S/C15H17N3O4S/c1-17(11-6-7-23(21,22)9-11)14(19)8-18-10-16-13-5-3-2-4-12(13)15(18)20/h2-5,10-11H,6-9H2,1H3/t11-/m0/s1. The highest BCUT2D eigenvalue weighted by molar-refractivity contribution is 7.91. The van der Waals surface area contributed by atoms with E-state index >= 15 is 0 Å². The summed E-state index contributed by atoms with van der Waals surface area (Å²) in [6.07, 6.45) is 1.79. The van der Waals surface area contributed by atoms with Crippen LogP contribution in [0.15, 0.2) is 35.4 Å². The second-order valence-corrected chi connectivity index (χ2v) is 7.98. The summed E-state index contributed by atoms with van der Waals surface area (Å²) in [5, 5.41) is 0.453. The summed E-state index contributed by atoms with van der Waals surface area (Å²) in [5.41, 5.74) is 0.299. The van der Waals surface area contributed by atoms with Crippen LogP contribution in [0, 0.1) is 0 Å². The van der Waals surface area contributed by atoms with Crippen LogP contribution in [0.25, 0.3) is 10.9 Å². The molecule has 1 aliphatic heterocycles. The molecule has 0 bridgehead atoms. The van der Waals surface area contributed by atoms with E-state index in [9.17, 15) is 18.0 Å². The van der Waals surface area contributed by atoms with Gasteiger partial charge in [-0.15, -0.1) is 0 Å². The zero-order chi connectivity index (χ0) is 16.6. The second kappa shape index (κ2) is 5.77. The summed E-state index contributed by atoms with van der Waals surface area (Å²) in [6, 6.07) is 6.61. The van der Waals surface area contributed by atoms with Gasteiger partial charge in [0, 0.05) is 13.1 Å². The lowest BCUT2D eigenvalue weighted by molar-refractivity contribution is -0.132. The van der Waals surface area contributed by atoms with Gasteiger partial charge in [0.1, 0.15) is 6.54 Å². The normalized spacial score (nSPS) is 19.8. The number of aromatic nitrogens is 2. The van der Waals surface area contributed by atoms with Crippen molar-refractivity contribution in [2.45, 2.75) is 19.0 Å². The highest BCUT2D eigenvalue weighted by Crippen LogP contribution is 2.16. The van der Waals surface area contributed by atoms with E-state index in [0.29, 0.717) is 17.3 Å². The van der Waals surface area contributed by atoms with Gasteiger partial charge in [0.2, 0.25) is 5.91 Å². The molecule has 2 aromatic rings. The molecule has 1 atom stereocenters. The molecule has 7 nitrogen and oxygen atoms in total. The van der Waals surface area contributed by atoms with E-state index < -0.39 is 9.84 Å². The quantitative estimate of drug-likeness (QED) is 0.790. The molecule has 1 saturated heterocycles. The van der Waals surface area contributed by atoms with Gasteiger partial charge < -0.3 is 4.90 Å². The minimum absolute atomic E-state index is 0.0138. The molecule has 8 heteroatoms. The molecule has 1 aromatic carbocycles. The number of hydrogen-bond donors (Lipinski definition) is 0. The number of benzene rings is 1. The number of nitrogens with zero attached hydrogens (tertiary/aromatic N) is 3. The number of sulfone groups is 1. The molecule has 1 aromatic heterocycles.